The minimum absolute atomic E-state index is 0.101. The molecule has 0 fully saturated rings. The molecular weight excluding hydrogens is 316 g/mol. The highest BCUT2D eigenvalue weighted by Crippen LogP contribution is 2.28. The number of thiophene rings is 2. The first-order chi connectivity index (χ1) is 10.8. The first kappa shape index (κ1) is 13.3. The van der Waals surface area contributed by atoms with E-state index >= 15 is 0 Å². The molecule has 4 rings (SSSR count). The van der Waals surface area contributed by atoms with Crippen LogP contribution >= 0.6 is 22.7 Å². The molecule has 0 aliphatic carbocycles. The monoisotopic (exact) mass is 326 g/mol. The minimum Gasteiger partial charge on any atom is -0.464 e. The van der Waals surface area contributed by atoms with E-state index in [2.05, 4.69) is 0 Å². The third-order valence-corrected chi connectivity index (χ3v) is 4.70. The predicted octanol–water partition coefficient (Wildman–Crippen LogP) is 5.56. The first-order valence-corrected chi connectivity index (χ1v) is 8.47. The summed E-state index contributed by atoms with van der Waals surface area (Å²) in [5.74, 6) is 1.30. The molecule has 108 valence electrons. The second kappa shape index (κ2) is 5.44. The van der Waals surface area contributed by atoms with Gasteiger partial charge in [0.2, 0.25) is 0 Å². The van der Waals surface area contributed by atoms with Crippen LogP contribution in [0.2, 0.25) is 0 Å². The topological polar surface area (TPSA) is 43.4 Å². The van der Waals surface area contributed by atoms with Gasteiger partial charge in [0.1, 0.15) is 24.0 Å². The van der Waals surface area contributed by atoms with Crippen LogP contribution < -0.4 is 0 Å². The van der Waals surface area contributed by atoms with Crippen LogP contribution in [0.1, 0.15) is 15.9 Å². The van der Waals surface area contributed by atoms with Crippen molar-refractivity contribution in [3.8, 4) is 22.6 Å². The third kappa shape index (κ3) is 2.34. The molecular formula is C17H10O3S2. The van der Waals surface area contributed by atoms with Gasteiger partial charge in [-0.15, -0.1) is 0 Å². The van der Waals surface area contributed by atoms with E-state index in [-0.39, 0.29) is 5.78 Å². The average molecular weight is 326 g/mol. The van der Waals surface area contributed by atoms with Crippen molar-refractivity contribution in [3.63, 3.8) is 0 Å². The maximum Gasteiger partial charge on any atom is 0.199 e. The zero-order chi connectivity index (χ0) is 14.9. The van der Waals surface area contributed by atoms with E-state index in [0.29, 0.717) is 22.6 Å². The summed E-state index contributed by atoms with van der Waals surface area (Å²) in [6.45, 7) is 0. The molecule has 0 radical (unpaired) electrons. The highest BCUT2D eigenvalue weighted by atomic mass is 32.1. The maximum absolute atomic E-state index is 12.5. The molecule has 4 heterocycles. The number of carbonyl (C=O) groups excluding carboxylic acids is 1. The maximum atomic E-state index is 12.5. The Kier molecular flexibility index (Phi) is 3.29. The summed E-state index contributed by atoms with van der Waals surface area (Å²) in [6.07, 6.45) is 2.99. The van der Waals surface area contributed by atoms with Gasteiger partial charge in [-0.2, -0.15) is 22.7 Å². The van der Waals surface area contributed by atoms with E-state index < -0.39 is 0 Å². The van der Waals surface area contributed by atoms with Crippen LogP contribution in [0, 0.1) is 0 Å². The Morgan fingerprint density at radius 1 is 0.818 bits per heavy atom. The van der Waals surface area contributed by atoms with Gasteiger partial charge in [-0.3, -0.25) is 4.79 Å². The van der Waals surface area contributed by atoms with Crippen molar-refractivity contribution in [1.29, 1.82) is 0 Å². The second-order valence-corrected chi connectivity index (χ2v) is 6.31. The highest BCUT2D eigenvalue weighted by Gasteiger charge is 2.17. The lowest BCUT2D eigenvalue weighted by atomic mass is 10.1. The van der Waals surface area contributed by atoms with Crippen molar-refractivity contribution in [2.24, 2.45) is 0 Å². The van der Waals surface area contributed by atoms with E-state index in [1.54, 1.807) is 34.8 Å². The Morgan fingerprint density at radius 2 is 1.32 bits per heavy atom. The summed E-state index contributed by atoms with van der Waals surface area (Å²) >= 11 is 3.18. The van der Waals surface area contributed by atoms with Crippen LogP contribution in [-0.2, 0) is 0 Å². The molecule has 3 nitrogen and oxygen atoms in total. The number of ketones is 1. The molecule has 0 atom stereocenters. The Bertz CT molecular complexity index is 821. The van der Waals surface area contributed by atoms with Crippen molar-refractivity contribution in [1.82, 2.24) is 0 Å². The summed E-state index contributed by atoms with van der Waals surface area (Å²) in [5.41, 5.74) is 3.02. The van der Waals surface area contributed by atoms with Crippen molar-refractivity contribution < 1.29 is 13.6 Å². The Hall–Kier alpha value is -2.37. The molecule has 4 aromatic heterocycles. The van der Waals surface area contributed by atoms with E-state index in [9.17, 15) is 4.79 Å². The lowest BCUT2D eigenvalue weighted by Crippen LogP contribution is -1.96. The summed E-state index contributed by atoms with van der Waals surface area (Å²) in [7, 11) is 0. The van der Waals surface area contributed by atoms with Gasteiger partial charge >= 0.3 is 0 Å². The van der Waals surface area contributed by atoms with Crippen LogP contribution in [-0.4, -0.2) is 5.78 Å². The van der Waals surface area contributed by atoms with Crippen LogP contribution in [0.5, 0.6) is 0 Å². The van der Waals surface area contributed by atoms with E-state index in [1.165, 1.54) is 12.5 Å². The zero-order valence-electron chi connectivity index (χ0n) is 11.3. The molecule has 0 amide bonds. The van der Waals surface area contributed by atoms with E-state index in [0.717, 1.165) is 11.1 Å². The van der Waals surface area contributed by atoms with Gasteiger partial charge in [-0.1, -0.05) is 0 Å². The van der Waals surface area contributed by atoms with Gasteiger partial charge in [0.05, 0.1) is 11.1 Å². The van der Waals surface area contributed by atoms with Crippen LogP contribution in [0.25, 0.3) is 22.6 Å². The number of hydrogen-bond acceptors (Lipinski definition) is 5. The molecule has 5 heteroatoms. The molecule has 0 saturated carbocycles. The summed E-state index contributed by atoms with van der Waals surface area (Å²) < 4.78 is 11.0. The Balaban J connectivity index is 1.62. The number of furan rings is 2. The number of carbonyl (C=O) groups is 1. The normalized spacial score (nSPS) is 10.9. The average Bonchev–Trinajstić information content (AvgIpc) is 3.35. The second-order valence-electron chi connectivity index (χ2n) is 4.75. The highest BCUT2D eigenvalue weighted by molar-refractivity contribution is 7.08. The molecule has 0 saturated heterocycles. The standard InChI is InChI=1S/C17H10O3S2/c18-17(13-5-15(19-7-13)11-1-3-21-9-11)14-6-16(20-8-14)12-2-4-22-10-12/h1-10H. The van der Waals surface area contributed by atoms with Gasteiger partial charge in [0.25, 0.3) is 0 Å². The molecule has 22 heavy (non-hydrogen) atoms. The molecule has 0 aliphatic rings. The fourth-order valence-electron chi connectivity index (χ4n) is 2.19. The van der Waals surface area contributed by atoms with E-state index in [4.69, 9.17) is 8.83 Å². The summed E-state index contributed by atoms with van der Waals surface area (Å²) in [6, 6.07) is 7.46. The molecule has 0 aliphatic heterocycles. The summed E-state index contributed by atoms with van der Waals surface area (Å²) in [5, 5.41) is 7.92. The first-order valence-electron chi connectivity index (χ1n) is 6.58. The molecule has 0 aromatic carbocycles. The van der Waals surface area contributed by atoms with Crippen molar-refractivity contribution in [3.05, 3.63) is 69.4 Å². The van der Waals surface area contributed by atoms with Crippen molar-refractivity contribution >= 4 is 28.5 Å². The van der Waals surface area contributed by atoms with Gasteiger partial charge in [0, 0.05) is 21.9 Å². The molecule has 0 N–H and O–H groups in total. The quantitative estimate of drug-likeness (QED) is 0.461. The fraction of sp³-hybridized carbons (Fsp3) is 0. The van der Waals surface area contributed by atoms with Crippen molar-refractivity contribution in [2.45, 2.75) is 0 Å². The molecule has 0 bridgehead atoms. The van der Waals surface area contributed by atoms with Gasteiger partial charge < -0.3 is 8.83 Å². The van der Waals surface area contributed by atoms with E-state index in [1.807, 2.05) is 33.7 Å². The smallest absolute Gasteiger partial charge is 0.199 e. The Morgan fingerprint density at radius 3 is 1.73 bits per heavy atom. The number of rotatable bonds is 4. The third-order valence-electron chi connectivity index (χ3n) is 3.33. The van der Waals surface area contributed by atoms with Gasteiger partial charge in [-0.25, -0.2) is 0 Å². The minimum atomic E-state index is -0.101. The van der Waals surface area contributed by atoms with Crippen LogP contribution in [0.4, 0.5) is 0 Å². The van der Waals surface area contributed by atoms with Gasteiger partial charge in [-0.05, 0) is 35.0 Å². The Labute approximate surface area is 134 Å². The van der Waals surface area contributed by atoms with Crippen LogP contribution in [0.3, 0.4) is 0 Å². The lowest BCUT2D eigenvalue weighted by Gasteiger charge is -1.90. The largest absolute Gasteiger partial charge is 0.464 e. The predicted molar refractivity (Wildman–Crippen MR) is 87.5 cm³/mol. The van der Waals surface area contributed by atoms with Gasteiger partial charge in [0.15, 0.2) is 5.78 Å². The zero-order valence-corrected chi connectivity index (χ0v) is 12.9. The lowest BCUT2D eigenvalue weighted by molar-refractivity contribution is 0.103. The fourth-order valence-corrected chi connectivity index (χ4v) is 3.48. The molecule has 4 aromatic rings. The SMILES string of the molecule is O=C(c1coc(-c2ccsc2)c1)c1coc(-c2ccsc2)c1. The number of hydrogen-bond donors (Lipinski definition) is 0. The van der Waals surface area contributed by atoms with Crippen molar-refractivity contribution in [2.75, 3.05) is 0 Å². The summed E-state index contributed by atoms with van der Waals surface area (Å²) in [4.78, 5) is 12.5. The molecule has 0 unspecified atom stereocenters. The molecule has 0 spiro atoms. The van der Waals surface area contributed by atoms with Crippen LogP contribution in [0.15, 0.2) is 67.1 Å².